The molecule has 9 heteroatoms. The van der Waals surface area contributed by atoms with Gasteiger partial charge in [0.05, 0.1) is 24.3 Å². The number of aromatic nitrogens is 3. The van der Waals surface area contributed by atoms with Crippen molar-refractivity contribution in [3.63, 3.8) is 0 Å². The van der Waals surface area contributed by atoms with Gasteiger partial charge in [0, 0.05) is 38.8 Å². The molecule has 2 aliphatic rings. The van der Waals surface area contributed by atoms with E-state index in [1.807, 2.05) is 0 Å². The molecule has 4 rings (SSSR count). The van der Waals surface area contributed by atoms with Crippen LogP contribution in [0, 0.1) is 0 Å². The van der Waals surface area contributed by atoms with Gasteiger partial charge in [-0.3, -0.25) is 9.20 Å². The van der Waals surface area contributed by atoms with E-state index < -0.39 is 12.2 Å². The van der Waals surface area contributed by atoms with Crippen LogP contribution in [-0.4, -0.2) is 63.9 Å². The number of morpholine rings is 1. The van der Waals surface area contributed by atoms with E-state index in [0.717, 1.165) is 12.8 Å². The van der Waals surface area contributed by atoms with Gasteiger partial charge in [-0.25, -0.2) is 8.78 Å². The normalized spacial score (nSPS) is 20.5. The van der Waals surface area contributed by atoms with Gasteiger partial charge < -0.3 is 14.4 Å². The fraction of sp³-hybridized carbons (Fsp3) is 0.562. The average Bonchev–Trinajstić information content (AvgIpc) is 3.05. The molecule has 134 valence electrons. The molecule has 25 heavy (non-hydrogen) atoms. The first-order chi connectivity index (χ1) is 12.1. The van der Waals surface area contributed by atoms with Crippen molar-refractivity contribution in [2.24, 2.45) is 0 Å². The molecular formula is C16H18F2N4O3. The molecule has 0 unspecified atom stereocenters. The minimum absolute atomic E-state index is 0.204. The molecule has 0 aliphatic carbocycles. The monoisotopic (exact) mass is 352 g/mol. The van der Waals surface area contributed by atoms with Gasteiger partial charge in [0.25, 0.3) is 12.3 Å². The second kappa shape index (κ2) is 6.30. The van der Waals surface area contributed by atoms with Crippen LogP contribution in [0.3, 0.4) is 0 Å². The minimum Gasteiger partial charge on any atom is -0.381 e. The highest BCUT2D eigenvalue weighted by atomic mass is 19.3. The van der Waals surface area contributed by atoms with Crippen molar-refractivity contribution in [3.05, 3.63) is 29.7 Å². The number of ether oxygens (including phenoxy) is 2. The number of nitrogens with zero attached hydrogens (tertiary/aromatic N) is 4. The first-order valence-corrected chi connectivity index (χ1v) is 8.22. The largest absolute Gasteiger partial charge is 0.381 e. The van der Waals surface area contributed by atoms with Gasteiger partial charge in [0.2, 0.25) is 5.82 Å². The Morgan fingerprint density at radius 2 is 2.00 bits per heavy atom. The topological polar surface area (TPSA) is 69.0 Å². The van der Waals surface area contributed by atoms with E-state index >= 15 is 0 Å². The van der Waals surface area contributed by atoms with Crippen LogP contribution >= 0.6 is 0 Å². The Bertz CT molecular complexity index is 783. The number of carbonyl (C=O) groups excluding carboxylic acids is 1. The van der Waals surface area contributed by atoms with Gasteiger partial charge in [-0.05, 0) is 12.1 Å². The number of pyridine rings is 1. The summed E-state index contributed by atoms with van der Waals surface area (Å²) in [6.07, 6.45) is 0.119. The number of amides is 1. The molecule has 2 aromatic heterocycles. The van der Waals surface area contributed by atoms with Crippen molar-refractivity contribution in [1.29, 1.82) is 0 Å². The summed E-state index contributed by atoms with van der Waals surface area (Å²) in [5.41, 5.74) is 0.258. The molecule has 1 spiro atoms. The number of carbonyl (C=O) groups is 1. The van der Waals surface area contributed by atoms with Crippen LogP contribution in [0.15, 0.2) is 18.3 Å². The summed E-state index contributed by atoms with van der Waals surface area (Å²) in [4.78, 5) is 14.6. The fourth-order valence-corrected chi connectivity index (χ4v) is 3.43. The van der Waals surface area contributed by atoms with Crippen molar-refractivity contribution >= 4 is 11.6 Å². The minimum atomic E-state index is -2.76. The molecule has 2 saturated heterocycles. The van der Waals surface area contributed by atoms with E-state index in [4.69, 9.17) is 9.47 Å². The Labute approximate surface area is 142 Å². The smallest absolute Gasteiger partial charge is 0.297 e. The number of halogens is 2. The van der Waals surface area contributed by atoms with Crippen LogP contribution in [0.5, 0.6) is 0 Å². The van der Waals surface area contributed by atoms with Crippen molar-refractivity contribution in [2.75, 3.05) is 32.9 Å². The third kappa shape index (κ3) is 2.98. The Hall–Kier alpha value is -2.13. The Morgan fingerprint density at radius 3 is 2.76 bits per heavy atom. The van der Waals surface area contributed by atoms with E-state index in [-0.39, 0.29) is 17.2 Å². The zero-order valence-electron chi connectivity index (χ0n) is 13.5. The number of hydrogen-bond donors (Lipinski definition) is 0. The predicted octanol–water partition coefficient (Wildman–Crippen LogP) is 1.69. The van der Waals surface area contributed by atoms with Gasteiger partial charge in [-0.15, -0.1) is 10.2 Å². The molecule has 1 amide bonds. The summed E-state index contributed by atoms with van der Waals surface area (Å²) in [6.45, 7) is 2.66. The van der Waals surface area contributed by atoms with E-state index in [2.05, 4.69) is 10.2 Å². The van der Waals surface area contributed by atoms with Crippen LogP contribution in [0.25, 0.3) is 5.65 Å². The van der Waals surface area contributed by atoms with Gasteiger partial charge in [0.1, 0.15) is 0 Å². The Balaban J connectivity index is 1.59. The van der Waals surface area contributed by atoms with Gasteiger partial charge in [-0.1, -0.05) is 0 Å². The van der Waals surface area contributed by atoms with Crippen LogP contribution in [0.1, 0.15) is 35.4 Å². The molecule has 2 aromatic rings. The molecular weight excluding hydrogens is 334 g/mol. The molecule has 0 atom stereocenters. The number of hydrogen-bond acceptors (Lipinski definition) is 5. The van der Waals surface area contributed by atoms with Crippen LogP contribution < -0.4 is 0 Å². The second-order valence-electron chi connectivity index (χ2n) is 6.38. The van der Waals surface area contributed by atoms with Crippen molar-refractivity contribution in [1.82, 2.24) is 19.5 Å². The molecule has 0 radical (unpaired) electrons. The highest BCUT2D eigenvalue weighted by Gasteiger charge is 2.40. The molecule has 0 bridgehead atoms. The quantitative estimate of drug-likeness (QED) is 0.823. The number of rotatable bonds is 2. The van der Waals surface area contributed by atoms with E-state index in [1.165, 1.54) is 16.7 Å². The zero-order chi connectivity index (χ0) is 17.4. The summed E-state index contributed by atoms with van der Waals surface area (Å²) in [5, 5.41) is 7.18. The summed E-state index contributed by atoms with van der Waals surface area (Å²) < 4.78 is 38.5. The van der Waals surface area contributed by atoms with Crippen molar-refractivity contribution in [2.45, 2.75) is 24.9 Å². The lowest BCUT2D eigenvalue weighted by molar-refractivity contribution is -0.146. The molecule has 4 heterocycles. The molecule has 7 nitrogen and oxygen atoms in total. The molecule has 0 N–H and O–H groups in total. The molecule has 2 fully saturated rings. The van der Waals surface area contributed by atoms with E-state index in [1.54, 1.807) is 11.0 Å². The lowest BCUT2D eigenvalue weighted by Gasteiger charge is -2.44. The second-order valence-corrected chi connectivity index (χ2v) is 6.38. The van der Waals surface area contributed by atoms with E-state index in [0.29, 0.717) is 38.5 Å². The number of fused-ring (bicyclic) bond motifs is 1. The highest BCUT2D eigenvalue weighted by Crippen LogP contribution is 2.29. The maximum absolute atomic E-state index is 13.0. The van der Waals surface area contributed by atoms with Crippen LogP contribution in [-0.2, 0) is 9.47 Å². The SMILES string of the molecule is O=C(c1ccc2nnc(C(F)F)n2c1)N1CCOC2(CCOCC2)C1. The molecule has 2 aliphatic heterocycles. The van der Waals surface area contributed by atoms with Crippen LogP contribution in [0.2, 0.25) is 0 Å². The van der Waals surface area contributed by atoms with Crippen molar-refractivity contribution < 1.29 is 23.0 Å². The zero-order valence-corrected chi connectivity index (χ0v) is 13.5. The summed E-state index contributed by atoms with van der Waals surface area (Å²) in [7, 11) is 0. The summed E-state index contributed by atoms with van der Waals surface area (Å²) in [6, 6.07) is 3.12. The maximum Gasteiger partial charge on any atom is 0.297 e. The summed E-state index contributed by atoms with van der Waals surface area (Å²) >= 11 is 0. The average molecular weight is 352 g/mol. The maximum atomic E-state index is 13.0. The van der Waals surface area contributed by atoms with Gasteiger partial charge in [0.15, 0.2) is 5.65 Å². The van der Waals surface area contributed by atoms with Crippen molar-refractivity contribution in [3.8, 4) is 0 Å². The Morgan fingerprint density at radius 1 is 1.20 bits per heavy atom. The van der Waals surface area contributed by atoms with Gasteiger partial charge >= 0.3 is 0 Å². The third-order valence-corrected chi connectivity index (χ3v) is 4.81. The lowest BCUT2D eigenvalue weighted by atomic mass is 9.92. The van der Waals surface area contributed by atoms with Crippen LogP contribution in [0.4, 0.5) is 8.78 Å². The highest BCUT2D eigenvalue weighted by molar-refractivity contribution is 5.94. The first kappa shape index (κ1) is 16.3. The molecule has 0 aromatic carbocycles. The number of alkyl halides is 2. The predicted molar refractivity (Wildman–Crippen MR) is 82.6 cm³/mol. The first-order valence-electron chi connectivity index (χ1n) is 8.22. The molecule has 0 saturated carbocycles. The van der Waals surface area contributed by atoms with E-state index in [9.17, 15) is 13.6 Å². The summed E-state index contributed by atoms with van der Waals surface area (Å²) in [5.74, 6) is -0.669. The third-order valence-electron chi connectivity index (χ3n) is 4.81. The Kier molecular flexibility index (Phi) is 4.12. The standard InChI is InChI=1S/C16H18F2N4O3/c17-13(18)14-20-19-12-2-1-11(9-22(12)14)15(23)21-5-8-25-16(10-21)3-6-24-7-4-16/h1-2,9,13H,3-8,10H2. The fourth-order valence-electron chi connectivity index (χ4n) is 3.43. The lowest BCUT2D eigenvalue weighted by Crippen LogP contribution is -2.55. The van der Waals surface area contributed by atoms with Gasteiger partial charge in [-0.2, -0.15) is 0 Å².